The number of benzene rings is 2. The number of rotatable bonds is 4. The quantitative estimate of drug-likeness (QED) is 0.305. The SMILES string of the molecule is C1=CC2=NC(c3ccc(-c4nc5sc(-c6ccc(C7=NC8C=CC=CC8=N7)cc6)nc5s4)cc3)=NC2C=C1. The first-order valence-electron chi connectivity index (χ1n) is 12.3. The number of fused-ring (bicyclic) bond motifs is 3. The molecule has 0 bridgehead atoms. The van der Waals surface area contributed by atoms with Crippen LogP contribution in [0.4, 0.5) is 0 Å². The molecule has 0 N–H and O–H groups in total. The van der Waals surface area contributed by atoms with E-state index in [4.69, 9.17) is 20.0 Å². The Bertz CT molecular complexity index is 1690. The zero-order valence-electron chi connectivity index (χ0n) is 19.9. The van der Waals surface area contributed by atoms with Crippen LogP contribution in [-0.4, -0.2) is 45.1 Å². The van der Waals surface area contributed by atoms with Gasteiger partial charge in [0.25, 0.3) is 0 Å². The summed E-state index contributed by atoms with van der Waals surface area (Å²) in [7, 11) is 0. The summed E-state index contributed by atoms with van der Waals surface area (Å²) < 4.78 is 0. The van der Waals surface area contributed by atoms with Crippen molar-refractivity contribution in [3.8, 4) is 21.1 Å². The number of amidine groups is 2. The predicted octanol–water partition coefficient (Wildman–Crippen LogP) is 6.48. The van der Waals surface area contributed by atoms with Crippen molar-refractivity contribution in [3.05, 3.63) is 108 Å². The normalized spacial score (nSPS) is 20.8. The molecule has 2 aliphatic heterocycles. The molecule has 2 unspecified atom stereocenters. The molecule has 180 valence electrons. The Morgan fingerprint density at radius 2 is 0.921 bits per heavy atom. The number of thiazole rings is 2. The maximum atomic E-state index is 4.89. The molecular weight excluding hydrogens is 509 g/mol. The molecule has 2 atom stereocenters. The zero-order valence-corrected chi connectivity index (χ0v) is 21.5. The molecule has 8 heteroatoms. The minimum Gasteiger partial charge on any atom is -0.252 e. The van der Waals surface area contributed by atoms with Crippen molar-refractivity contribution >= 4 is 55.4 Å². The molecule has 0 fully saturated rings. The Morgan fingerprint density at radius 1 is 0.500 bits per heavy atom. The van der Waals surface area contributed by atoms with E-state index in [1.54, 1.807) is 22.7 Å². The minimum atomic E-state index is 0.0431. The van der Waals surface area contributed by atoms with Crippen molar-refractivity contribution in [3.63, 3.8) is 0 Å². The van der Waals surface area contributed by atoms with E-state index in [9.17, 15) is 0 Å². The molecule has 0 spiro atoms. The second-order valence-corrected chi connectivity index (χ2v) is 11.1. The Balaban J connectivity index is 1.02. The first-order chi connectivity index (χ1) is 18.8. The fourth-order valence-electron chi connectivity index (χ4n) is 4.72. The summed E-state index contributed by atoms with van der Waals surface area (Å²) in [4.78, 5) is 30.5. The van der Waals surface area contributed by atoms with Gasteiger partial charge < -0.3 is 0 Å². The van der Waals surface area contributed by atoms with E-state index in [0.717, 1.165) is 65.0 Å². The summed E-state index contributed by atoms with van der Waals surface area (Å²) in [6.07, 6.45) is 16.2. The molecule has 6 nitrogen and oxygen atoms in total. The van der Waals surface area contributed by atoms with Gasteiger partial charge in [-0.1, -0.05) is 108 Å². The van der Waals surface area contributed by atoms with Gasteiger partial charge >= 0.3 is 0 Å². The lowest BCUT2D eigenvalue weighted by atomic mass is 10.1. The maximum Gasteiger partial charge on any atom is 0.155 e. The van der Waals surface area contributed by atoms with Crippen LogP contribution in [0.1, 0.15) is 11.1 Å². The largest absolute Gasteiger partial charge is 0.252 e. The van der Waals surface area contributed by atoms with E-state index in [2.05, 4.69) is 70.7 Å². The lowest BCUT2D eigenvalue weighted by Crippen LogP contribution is -2.11. The lowest BCUT2D eigenvalue weighted by Gasteiger charge is -2.03. The lowest BCUT2D eigenvalue weighted by molar-refractivity contribution is 1.11. The van der Waals surface area contributed by atoms with Gasteiger partial charge in [0.05, 0.1) is 11.4 Å². The van der Waals surface area contributed by atoms with Crippen molar-refractivity contribution in [2.75, 3.05) is 0 Å². The third-order valence-electron chi connectivity index (χ3n) is 6.70. The molecule has 0 saturated carbocycles. The van der Waals surface area contributed by atoms with Crippen LogP contribution in [0.15, 0.2) is 117 Å². The molecule has 0 saturated heterocycles. The molecular formula is C30H18N6S2. The van der Waals surface area contributed by atoms with Crippen molar-refractivity contribution < 1.29 is 0 Å². The van der Waals surface area contributed by atoms with Crippen LogP contribution in [0.5, 0.6) is 0 Å². The molecule has 2 aromatic carbocycles. The van der Waals surface area contributed by atoms with Gasteiger partial charge in [-0.25, -0.2) is 20.0 Å². The highest BCUT2D eigenvalue weighted by Crippen LogP contribution is 2.37. The maximum absolute atomic E-state index is 4.89. The van der Waals surface area contributed by atoms with E-state index < -0.39 is 0 Å². The molecule has 4 heterocycles. The standard InChI is InChI=1S/C30H18N6S2/c1-2-6-22-21(5-1)31-25(32-22)17-9-13-19(14-10-17)27-35-29-30(37-27)36-28(38-29)20-15-11-18(12-16-20)26-33-23-7-3-4-8-24(23)34-26/h1-16,21,23H. The summed E-state index contributed by atoms with van der Waals surface area (Å²) >= 11 is 3.24. The second-order valence-electron chi connectivity index (χ2n) is 9.16. The fourth-order valence-corrected chi connectivity index (χ4v) is 6.78. The smallest absolute Gasteiger partial charge is 0.155 e. The molecule has 2 aliphatic carbocycles. The molecule has 0 radical (unpaired) electrons. The van der Waals surface area contributed by atoms with Gasteiger partial charge in [-0.15, -0.1) is 0 Å². The van der Waals surface area contributed by atoms with E-state index in [-0.39, 0.29) is 12.1 Å². The average molecular weight is 527 g/mol. The third-order valence-corrected chi connectivity index (χ3v) is 8.82. The van der Waals surface area contributed by atoms with Gasteiger partial charge in [0.1, 0.15) is 22.1 Å². The van der Waals surface area contributed by atoms with Crippen molar-refractivity contribution in [1.29, 1.82) is 0 Å². The molecule has 0 amide bonds. The van der Waals surface area contributed by atoms with Crippen LogP contribution in [0.3, 0.4) is 0 Å². The van der Waals surface area contributed by atoms with Crippen LogP contribution in [-0.2, 0) is 0 Å². The number of hydrogen-bond donors (Lipinski definition) is 0. The number of nitrogens with zero attached hydrogens (tertiary/aromatic N) is 6. The van der Waals surface area contributed by atoms with E-state index in [1.807, 2.05) is 36.5 Å². The van der Waals surface area contributed by atoms with Gasteiger partial charge in [-0.05, 0) is 12.2 Å². The Morgan fingerprint density at radius 3 is 1.34 bits per heavy atom. The third kappa shape index (κ3) is 3.69. The van der Waals surface area contributed by atoms with Gasteiger partial charge in [-0.2, -0.15) is 0 Å². The van der Waals surface area contributed by atoms with Gasteiger partial charge in [0.2, 0.25) is 0 Å². The van der Waals surface area contributed by atoms with Gasteiger partial charge in [0, 0.05) is 22.3 Å². The number of allylic oxidation sites excluding steroid dienone is 4. The second kappa shape index (κ2) is 8.58. The molecule has 4 aliphatic rings. The first kappa shape index (κ1) is 21.7. The van der Waals surface area contributed by atoms with Crippen LogP contribution in [0, 0.1) is 0 Å². The number of aliphatic imine (C=N–C) groups is 4. The Kier molecular flexibility index (Phi) is 4.89. The molecule has 2 aromatic heterocycles. The predicted molar refractivity (Wildman–Crippen MR) is 158 cm³/mol. The monoisotopic (exact) mass is 526 g/mol. The summed E-state index contributed by atoms with van der Waals surface area (Å²) in [5, 5.41) is 1.93. The number of hydrogen-bond acceptors (Lipinski definition) is 8. The van der Waals surface area contributed by atoms with Crippen molar-refractivity contribution in [1.82, 2.24) is 9.97 Å². The average Bonchev–Trinajstić information content (AvgIpc) is 3.74. The van der Waals surface area contributed by atoms with Crippen molar-refractivity contribution in [2.45, 2.75) is 12.1 Å². The summed E-state index contributed by atoms with van der Waals surface area (Å²) in [6, 6.07) is 16.7. The fraction of sp³-hybridized carbons (Fsp3) is 0.0667. The highest BCUT2D eigenvalue weighted by atomic mass is 32.1. The highest BCUT2D eigenvalue weighted by Gasteiger charge is 2.22. The van der Waals surface area contributed by atoms with E-state index >= 15 is 0 Å². The first-order valence-corrected chi connectivity index (χ1v) is 13.9. The van der Waals surface area contributed by atoms with E-state index in [1.165, 1.54) is 0 Å². The zero-order chi connectivity index (χ0) is 25.1. The Hall–Kier alpha value is -4.40. The topological polar surface area (TPSA) is 75.2 Å². The number of aromatic nitrogens is 2. The summed E-state index contributed by atoms with van der Waals surface area (Å²) in [5.74, 6) is 1.56. The minimum absolute atomic E-state index is 0.0431. The molecule has 38 heavy (non-hydrogen) atoms. The summed E-state index contributed by atoms with van der Waals surface area (Å²) in [6.45, 7) is 0. The van der Waals surface area contributed by atoms with Gasteiger partial charge in [-0.3, -0.25) is 9.98 Å². The Labute approximate surface area is 226 Å². The van der Waals surface area contributed by atoms with Crippen LogP contribution >= 0.6 is 22.7 Å². The van der Waals surface area contributed by atoms with E-state index in [0.29, 0.717) is 0 Å². The summed E-state index contributed by atoms with van der Waals surface area (Å²) in [5.41, 5.74) is 6.17. The molecule has 8 rings (SSSR count). The highest BCUT2D eigenvalue weighted by molar-refractivity contribution is 7.29. The van der Waals surface area contributed by atoms with Crippen LogP contribution in [0.25, 0.3) is 30.8 Å². The van der Waals surface area contributed by atoms with Crippen LogP contribution in [0.2, 0.25) is 0 Å². The van der Waals surface area contributed by atoms with Gasteiger partial charge in [0.15, 0.2) is 21.3 Å². The molecule has 4 aromatic rings. The van der Waals surface area contributed by atoms with Crippen LogP contribution < -0.4 is 0 Å². The van der Waals surface area contributed by atoms with Crippen molar-refractivity contribution in [2.24, 2.45) is 20.0 Å².